The molecule has 0 aliphatic carbocycles. The van der Waals surface area contributed by atoms with Crippen molar-refractivity contribution < 1.29 is 9.90 Å². The van der Waals surface area contributed by atoms with Crippen molar-refractivity contribution in [3.63, 3.8) is 0 Å². The van der Waals surface area contributed by atoms with E-state index in [0.717, 1.165) is 30.4 Å². The van der Waals surface area contributed by atoms with Gasteiger partial charge in [0.05, 0.1) is 0 Å². The lowest BCUT2D eigenvalue weighted by atomic mass is 9.73. The molecule has 5 nitrogen and oxygen atoms in total. The molecule has 1 aliphatic heterocycles. The van der Waals surface area contributed by atoms with E-state index in [1.165, 1.54) is 68.6 Å². The Kier molecular flexibility index (Phi) is 14.5. The molecule has 2 heterocycles. The van der Waals surface area contributed by atoms with Gasteiger partial charge in [-0.3, -0.25) is 0 Å². The summed E-state index contributed by atoms with van der Waals surface area (Å²) in [7, 11) is 0. The molecule has 0 unspecified atom stereocenters. The van der Waals surface area contributed by atoms with Crippen molar-refractivity contribution in [1.82, 2.24) is 14.7 Å². The molecule has 0 saturated carbocycles. The first kappa shape index (κ1) is 31.8. The molecule has 6 heteroatoms. The summed E-state index contributed by atoms with van der Waals surface area (Å²) in [6.07, 6.45) is 12.9. The van der Waals surface area contributed by atoms with Gasteiger partial charge in [-0.15, -0.1) is 0 Å². The lowest BCUT2D eigenvalue weighted by molar-refractivity contribution is 0.0689. The molecule has 1 aliphatic rings. The number of aromatic nitrogens is 2. The maximum Gasteiger partial charge on any atom is 0.356 e. The molecule has 202 valence electrons. The maximum absolute atomic E-state index is 10.9. The smallest absolute Gasteiger partial charge is 0.356 e. The first-order valence-electron chi connectivity index (χ1n) is 13.6. The molecular formula is C30H48ClN3O2. The number of carboxylic acids is 1. The van der Waals surface area contributed by atoms with Crippen LogP contribution in [0.2, 0.25) is 5.02 Å². The van der Waals surface area contributed by atoms with E-state index in [4.69, 9.17) is 16.7 Å². The molecule has 1 N–H and O–H groups in total. The van der Waals surface area contributed by atoms with Gasteiger partial charge in [0.2, 0.25) is 0 Å². The summed E-state index contributed by atoms with van der Waals surface area (Å²) in [6.45, 7) is 19.2. The average Bonchev–Trinajstić information content (AvgIpc) is 3.38. The highest BCUT2D eigenvalue weighted by molar-refractivity contribution is 6.30. The lowest BCUT2D eigenvalue weighted by Crippen LogP contribution is -2.39. The van der Waals surface area contributed by atoms with E-state index >= 15 is 0 Å². The Hall–Kier alpha value is -2.27. The Labute approximate surface area is 224 Å². The Morgan fingerprint density at radius 3 is 2.14 bits per heavy atom. The molecule has 3 rings (SSSR count). The van der Waals surface area contributed by atoms with E-state index in [1.807, 2.05) is 12.1 Å². The largest absolute Gasteiger partial charge is 0.476 e. The minimum atomic E-state index is -1.01. The quantitative estimate of drug-likeness (QED) is 0.361. The van der Waals surface area contributed by atoms with E-state index in [9.17, 15) is 4.79 Å². The third-order valence-electron chi connectivity index (χ3n) is 7.19. The van der Waals surface area contributed by atoms with E-state index in [2.05, 4.69) is 64.2 Å². The van der Waals surface area contributed by atoms with Crippen molar-refractivity contribution in [2.75, 3.05) is 13.1 Å². The zero-order chi connectivity index (χ0) is 27.1. The molecule has 0 atom stereocenters. The van der Waals surface area contributed by atoms with Gasteiger partial charge in [0.1, 0.15) is 5.82 Å². The third kappa shape index (κ3) is 10.0. The first-order chi connectivity index (χ1) is 17.2. The number of hydrogen-bond acceptors (Lipinski definition) is 3. The van der Waals surface area contributed by atoms with Crippen LogP contribution in [0.15, 0.2) is 37.0 Å². The second-order valence-electron chi connectivity index (χ2n) is 9.74. The number of likely N-dealkylation sites (tertiary alicyclic amines) is 1. The molecule has 2 aromatic rings. The summed E-state index contributed by atoms with van der Waals surface area (Å²) in [5.74, 6) is -0.239. The van der Waals surface area contributed by atoms with Gasteiger partial charge in [-0.1, -0.05) is 91.0 Å². The standard InChI is InChI=1S/C16H25N3O2.C9H11Cl.C5H12/c1-4-7-16(5-2)8-11-18(12-9-16)13(3)19-10-6-14(17-19)15(20)21;1-3-8-6-9(10)5-4-7(8)2;1-3-5-4-2/h6,10H,3-5,7-9,11-12H2,1-2H3,(H,20,21);4-6H,3H2,1-2H3;3-5H2,1-2H3. The highest BCUT2D eigenvalue weighted by Crippen LogP contribution is 2.40. The van der Waals surface area contributed by atoms with E-state index in [-0.39, 0.29) is 5.69 Å². The van der Waals surface area contributed by atoms with Crippen molar-refractivity contribution in [3.8, 4) is 0 Å². The number of benzene rings is 1. The van der Waals surface area contributed by atoms with Crippen molar-refractivity contribution in [2.45, 2.75) is 99.3 Å². The molecule has 0 amide bonds. The van der Waals surface area contributed by atoms with Crippen LogP contribution >= 0.6 is 11.6 Å². The van der Waals surface area contributed by atoms with Crippen LogP contribution in [0, 0.1) is 12.3 Å². The molecule has 1 saturated heterocycles. The number of aryl methyl sites for hydroxylation is 2. The normalized spacial score (nSPS) is 14.2. The van der Waals surface area contributed by atoms with Gasteiger partial charge in [-0.25, -0.2) is 9.48 Å². The number of carboxylic acid groups (broad SMARTS) is 1. The van der Waals surface area contributed by atoms with Gasteiger partial charge in [0, 0.05) is 24.3 Å². The molecule has 0 bridgehead atoms. The second-order valence-corrected chi connectivity index (χ2v) is 10.2. The lowest BCUT2D eigenvalue weighted by Gasteiger charge is -2.42. The zero-order valence-corrected chi connectivity index (χ0v) is 24.2. The summed E-state index contributed by atoms with van der Waals surface area (Å²) >= 11 is 5.80. The molecule has 1 fully saturated rings. The van der Waals surface area contributed by atoms with Crippen LogP contribution in [0.3, 0.4) is 0 Å². The molecule has 1 aromatic carbocycles. The van der Waals surface area contributed by atoms with Crippen molar-refractivity contribution >= 4 is 23.4 Å². The van der Waals surface area contributed by atoms with E-state index in [0.29, 0.717) is 5.41 Å². The summed E-state index contributed by atoms with van der Waals surface area (Å²) in [5, 5.41) is 13.8. The van der Waals surface area contributed by atoms with Gasteiger partial charge in [0.15, 0.2) is 5.69 Å². The fourth-order valence-electron chi connectivity index (χ4n) is 4.65. The molecule has 36 heavy (non-hydrogen) atoms. The SMILES string of the molecule is C=C(N1CCC(CC)(CCC)CC1)n1ccc(C(=O)O)n1.CCCCC.CCc1cc(Cl)ccc1C. The van der Waals surface area contributed by atoms with Crippen LogP contribution in [-0.4, -0.2) is 38.8 Å². The average molecular weight is 518 g/mol. The van der Waals surface area contributed by atoms with Gasteiger partial charge < -0.3 is 10.0 Å². The number of unbranched alkanes of at least 4 members (excludes halogenated alkanes) is 2. The Morgan fingerprint density at radius 2 is 1.72 bits per heavy atom. The third-order valence-corrected chi connectivity index (χ3v) is 7.43. The summed E-state index contributed by atoms with van der Waals surface area (Å²) < 4.78 is 1.57. The first-order valence-corrected chi connectivity index (χ1v) is 14.0. The minimum Gasteiger partial charge on any atom is -0.476 e. The number of aromatic carboxylic acids is 1. The van der Waals surface area contributed by atoms with Crippen molar-refractivity contribution in [2.24, 2.45) is 5.41 Å². The van der Waals surface area contributed by atoms with E-state index in [1.54, 1.807) is 10.9 Å². The van der Waals surface area contributed by atoms with Crippen LogP contribution < -0.4 is 0 Å². The maximum atomic E-state index is 10.9. The summed E-state index contributed by atoms with van der Waals surface area (Å²) in [5.41, 5.74) is 3.20. The fraction of sp³-hybridized carbons (Fsp3) is 0.600. The predicted octanol–water partition coefficient (Wildman–Crippen LogP) is 8.71. The van der Waals surface area contributed by atoms with Crippen molar-refractivity contribution in [3.05, 3.63) is 58.9 Å². The summed E-state index contributed by atoms with van der Waals surface area (Å²) in [6, 6.07) is 7.51. The van der Waals surface area contributed by atoms with Crippen molar-refractivity contribution in [1.29, 1.82) is 0 Å². The number of carbonyl (C=O) groups is 1. The highest BCUT2D eigenvalue weighted by atomic mass is 35.5. The number of halogens is 1. The molecule has 1 aromatic heterocycles. The van der Waals surface area contributed by atoms with Gasteiger partial charge >= 0.3 is 5.97 Å². The Balaban J connectivity index is 0.000000356. The van der Waals surface area contributed by atoms with E-state index < -0.39 is 5.97 Å². The monoisotopic (exact) mass is 517 g/mol. The highest BCUT2D eigenvalue weighted by Gasteiger charge is 2.32. The number of hydrogen-bond donors (Lipinski definition) is 1. The van der Waals surface area contributed by atoms with Gasteiger partial charge in [-0.2, -0.15) is 5.10 Å². The number of nitrogens with zero attached hydrogens (tertiary/aromatic N) is 3. The van der Waals surface area contributed by atoms with Gasteiger partial charge in [0.25, 0.3) is 0 Å². The fourth-order valence-corrected chi connectivity index (χ4v) is 4.85. The van der Waals surface area contributed by atoms with Crippen LogP contribution in [-0.2, 0) is 6.42 Å². The second kappa shape index (κ2) is 16.5. The number of rotatable bonds is 9. The van der Waals surface area contributed by atoms with Crippen LogP contribution in [0.25, 0.3) is 5.82 Å². The molecular weight excluding hydrogens is 470 g/mol. The Bertz CT molecular complexity index is 928. The molecule has 0 radical (unpaired) electrons. The van der Waals surface area contributed by atoms with Crippen LogP contribution in [0.1, 0.15) is 108 Å². The Morgan fingerprint density at radius 1 is 1.08 bits per heavy atom. The van der Waals surface area contributed by atoms with Crippen LogP contribution in [0.5, 0.6) is 0 Å². The zero-order valence-electron chi connectivity index (χ0n) is 23.4. The van der Waals surface area contributed by atoms with Crippen LogP contribution in [0.4, 0.5) is 0 Å². The predicted molar refractivity (Wildman–Crippen MR) is 154 cm³/mol. The van der Waals surface area contributed by atoms with Gasteiger partial charge in [-0.05, 0) is 67.3 Å². The number of piperidine rings is 1. The molecule has 0 spiro atoms. The topological polar surface area (TPSA) is 58.4 Å². The minimum absolute atomic E-state index is 0.0575. The summed E-state index contributed by atoms with van der Waals surface area (Å²) in [4.78, 5) is 13.1.